The zero-order valence-electron chi connectivity index (χ0n) is 14.5. The van der Waals surface area contributed by atoms with Gasteiger partial charge in [-0.15, -0.1) is 0 Å². The van der Waals surface area contributed by atoms with E-state index in [1.807, 2.05) is 31.2 Å². The van der Waals surface area contributed by atoms with Gasteiger partial charge in [0.05, 0.1) is 17.6 Å². The van der Waals surface area contributed by atoms with Gasteiger partial charge in [-0.05, 0) is 43.3 Å². The summed E-state index contributed by atoms with van der Waals surface area (Å²) in [6.07, 6.45) is 0. The smallest absolute Gasteiger partial charge is 0.264 e. The van der Waals surface area contributed by atoms with Crippen molar-refractivity contribution < 1.29 is 19.0 Å². The van der Waals surface area contributed by atoms with E-state index in [4.69, 9.17) is 14.2 Å². The van der Waals surface area contributed by atoms with Crippen molar-refractivity contribution >= 4 is 22.9 Å². The second kappa shape index (κ2) is 8.87. The highest BCUT2D eigenvalue weighted by Crippen LogP contribution is 2.18. The molecule has 0 radical (unpaired) electrons. The third-order valence-electron chi connectivity index (χ3n) is 3.54. The highest BCUT2D eigenvalue weighted by molar-refractivity contribution is 5.92. The molecular formula is C19H21N3O4. The van der Waals surface area contributed by atoms with Crippen molar-refractivity contribution in [2.24, 2.45) is 0 Å². The first kappa shape index (κ1) is 17.8. The minimum atomic E-state index is -0.291. The van der Waals surface area contributed by atoms with Crippen LogP contribution in [-0.2, 0) is 9.53 Å². The molecule has 0 unspecified atom stereocenters. The Bertz CT molecular complexity index is 812. The van der Waals surface area contributed by atoms with Gasteiger partial charge in [-0.1, -0.05) is 12.1 Å². The number of aromatic nitrogens is 2. The number of carbonyl (C=O) groups excluding carboxylic acids is 1. The molecule has 7 heteroatoms. The minimum absolute atomic E-state index is 0.110. The predicted octanol–water partition coefficient (Wildman–Crippen LogP) is 3.00. The third-order valence-corrected chi connectivity index (χ3v) is 3.54. The Balaban J connectivity index is 1.45. The summed E-state index contributed by atoms with van der Waals surface area (Å²) in [6, 6.07) is 14.6. The van der Waals surface area contributed by atoms with Crippen molar-refractivity contribution in [3.63, 3.8) is 0 Å². The summed E-state index contributed by atoms with van der Waals surface area (Å²) < 4.78 is 16.2. The van der Waals surface area contributed by atoms with Crippen LogP contribution in [0.5, 0.6) is 11.5 Å². The normalized spacial score (nSPS) is 10.7. The quantitative estimate of drug-likeness (QED) is 0.576. The average molecular weight is 355 g/mol. The summed E-state index contributed by atoms with van der Waals surface area (Å²) in [5.41, 5.74) is 1.66. The number of rotatable bonds is 9. The molecule has 3 rings (SSSR count). The predicted molar refractivity (Wildman–Crippen MR) is 98.6 cm³/mol. The highest BCUT2D eigenvalue weighted by atomic mass is 16.5. The lowest BCUT2D eigenvalue weighted by Gasteiger charge is -2.08. The molecule has 1 aromatic heterocycles. The van der Waals surface area contributed by atoms with Crippen LogP contribution in [0, 0.1) is 0 Å². The van der Waals surface area contributed by atoms with Crippen molar-refractivity contribution in [2.45, 2.75) is 6.92 Å². The number of amides is 1. The fourth-order valence-electron chi connectivity index (χ4n) is 2.32. The van der Waals surface area contributed by atoms with Crippen LogP contribution in [0.2, 0.25) is 0 Å². The summed E-state index contributed by atoms with van der Waals surface area (Å²) in [5.74, 6) is 1.42. The molecule has 2 N–H and O–H groups in total. The van der Waals surface area contributed by atoms with E-state index < -0.39 is 0 Å². The Hall–Kier alpha value is -3.06. The Morgan fingerprint density at radius 3 is 2.50 bits per heavy atom. The number of anilines is 1. The van der Waals surface area contributed by atoms with E-state index in [2.05, 4.69) is 15.3 Å². The molecule has 7 nitrogen and oxygen atoms in total. The number of hydrogen-bond donors (Lipinski definition) is 2. The number of imidazole rings is 1. The monoisotopic (exact) mass is 355 g/mol. The fraction of sp³-hybridized carbons (Fsp3) is 0.263. The largest absolute Gasteiger partial charge is 0.491 e. The van der Waals surface area contributed by atoms with Gasteiger partial charge in [0.1, 0.15) is 18.1 Å². The lowest BCUT2D eigenvalue weighted by molar-refractivity contribution is -0.118. The molecule has 26 heavy (non-hydrogen) atoms. The highest BCUT2D eigenvalue weighted by Gasteiger charge is 2.07. The van der Waals surface area contributed by atoms with Gasteiger partial charge in [0, 0.05) is 6.61 Å². The molecule has 0 saturated carbocycles. The van der Waals surface area contributed by atoms with Crippen LogP contribution in [0.4, 0.5) is 5.95 Å². The molecule has 3 aromatic rings. The molecule has 1 amide bonds. The molecular weight excluding hydrogens is 334 g/mol. The van der Waals surface area contributed by atoms with Gasteiger partial charge in [-0.25, -0.2) is 4.98 Å². The molecule has 136 valence electrons. The molecule has 0 aliphatic carbocycles. The number of carbonyl (C=O) groups is 1. The number of benzene rings is 2. The minimum Gasteiger partial charge on any atom is -0.491 e. The van der Waals surface area contributed by atoms with Gasteiger partial charge in [-0.2, -0.15) is 0 Å². The standard InChI is InChI=1S/C19H21N3O4/c1-2-24-11-12-25-14-7-9-15(10-8-14)26-13-18(23)22-19-20-16-5-3-4-6-17(16)21-19/h3-10H,2,11-13H2,1H3,(H2,20,21,22,23). The molecule has 0 fully saturated rings. The van der Waals surface area contributed by atoms with Crippen molar-refractivity contribution in [2.75, 3.05) is 31.7 Å². The van der Waals surface area contributed by atoms with E-state index in [0.717, 1.165) is 16.8 Å². The van der Waals surface area contributed by atoms with Gasteiger partial charge in [-0.3, -0.25) is 10.1 Å². The van der Waals surface area contributed by atoms with Gasteiger partial charge >= 0.3 is 0 Å². The van der Waals surface area contributed by atoms with Crippen molar-refractivity contribution in [1.29, 1.82) is 0 Å². The van der Waals surface area contributed by atoms with E-state index >= 15 is 0 Å². The maximum absolute atomic E-state index is 12.0. The Kier molecular flexibility index (Phi) is 6.05. The summed E-state index contributed by atoms with van der Waals surface area (Å²) in [7, 11) is 0. The van der Waals surface area contributed by atoms with E-state index in [-0.39, 0.29) is 12.5 Å². The third kappa shape index (κ3) is 4.97. The van der Waals surface area contributed by atoms with Crippen molar-refractivity contribution in [1.82, 2.24) is 9.97 Å². The zero-order chi connectivity index (χ0) is 18.2. The average Bonchev–Trinajstić information content (AvgIpc) is 3.06. The molecule has 0 spiro atoms. The number of nitrogens with zero attached hydrogens (tertiary/aromatic N) is 1. The Morgan fingerprint density at radius 1 is 1.04 bits per heavy atom. The molecule has 0 saturated heterocycles. The lowest BCUT2D eigenvalue weighted by atomic mass is 10.3. The van der Waals surface area contributed by atoms with Crippen LogP contribution in [0.3, 0.4) is 0 Å². The molecule has 2 aromatic carbocycles. The van der Waals surface area contributed by atoms with Gasteiger partial charge in [0.2, 0.25) is 5.95 Å². The molecule has 0 aliphatic heterocycles. The maximum Gasteiger partial charge on any atom is 0.264 e. The first-order valence-corrected chi connectivity index (χ1v) is 8.42. The van der Waals surface area contributed by atoms with Crippen LogP contribution in [0.15, 0.2) is 48.5 Å². The number of aromatic amines is 1. The van der Waals surface area contributed by atoms with Crippen molar-refractivity contribution in [3.8, 4) is 11.5 Å². The fourth-order valence-corrected chi connectivity index (χ4v) is 2.32. The second-order valence-corrected chi connectivity index (χ2v) is 5.46. The lowest BCUT2D eigenvalue weighted by Crippen LogP contribution is -2.20. The maximum atomic E-state index is 12.0. The molecule has 0 atom stereocenters. The second-order valence-electron chi connectivity index (χ2n) is 5.46. The Labute approximate surface area is 151 Å². The summed E-state index contributed by atoms with van der Waals surface area (Å²) in [6.45, 7) is 3.55. The number of hydrogen-bond acceptors (Lipinski definition) is 5. The number of H-pyrrole nitrogens is 1. The van der Waals surface area contributed by atoms with Crippen LogP contribution in [0.25, 0.3) is 11.0 Å². The number of nitrogens with one attached hydrogen (secondary N) is 2. The van der Waals surface area contributed by atoms with E-state index in [9.17, 15) is 4.79 Å². The van der Waals surface area contributed by atoms with E-state index in [0.29, 0.717) is 31.5 Å². The van der Waals surface area contributed by atoms with Crippen LogP contribution >= 0.6 is 0 Å². The number of fused-ring (bicyclic) bond motifs is 1. The summed E-state index contributed by atoms with van der Waals surface area (Å²) in [4.78, 5) is 19.3. The van der Waals surface area contributed by atoms with Crippen LogP contribution < -0.4 is 14.8 Å². The molecule has 0 aliphatic rings. The Morgan fingerprint density at radius 2 is 1.77 bits per heavy atom. The zero-order valence-corrected chi connectivity index (χ0v) is 14.5. The van der Waals surface area contributed by atoms with Crippen LogP contribution in [0.1, 0.15) is 6.92 Å². The van der Waals surface area contributed by atoms with Gasteiger partial charge < -0.3 is 19.2 Å². The first-order valence-electron chi connectivity index (χ1n) is 8.42. The number of para-hydroxylation sites is 2. The van der Waals surface area contributed by atoms with Crippen LogP contribution in [-0.4, -0.2) is 42.3 Å². The first-order chi connectivity index (χ1) is 12.7. The summed E-state index contributed by atoms with van der Waals surface area (Å²) in [5, 5.41) is 2.68. The number of ether oxygens (including phenoxy) is 3. The van der Waals surface area contributed by atoms with Gasteiger partial charge in [0.15, 0.2) is 6.61 Å². The van der Waals surface area contributed by atoms with Crippen molar-refractivity contribution in [3.05, 3.63) is 48.5 Å². The molecule has 0 bridgehead atoms. The van der Waals surface area contributed by atoms with E-state index in [1.54, 1.807) is 24.3 Å². The molecule has 1 heterocycles. The van der Waals surface area contributed by atoms with Gasteiger partial charge in [0.25, 0.3) is 5.91 Å². The topological polar surface area (TPSA) is 85.5 Å². The SMILES string of the molecule is CCOCCOc1ccc(OCC(=O)Nc2nc3ccccc3[nH]2)cc1. The summed E-state index contributed by atoms with van der Waals surface area (Å²) >= 11 is 0. The van der Waals surface area contributed by atoms with E-state index in [1.165, 1.54) is 0 Å².